The van der Waals surface area contributed by atoms with Crippen molar-refractivity contribution in [2.75, 3.05) is 0 Å². The Hall–Kier alpha value is -6.50. The standard InChI is InChI=1S/C53H36/c1-53(2)47-32-46(38-20-7-9-21-39(38)50(47)51-40-22-10-6-18-36(40)37-19-8-15-27-45(37)52(51)53)49-43-25-13-11-23-41(43)48(42-24-12-14-26-44(42)49)35-30-28-34(29-31-35)33-16-4-3-5-17-33/h3-32H,1-2H3. The van der Waals surface area contributed by atoms with Gasteiger partial charge in [0.2, 0.25) is 0 Å². The summed E-state index contributed by atoms with van der Waals surface area (Å²) in [5.41, 5.74) is 13.0. The summed E-state index contributed by atoms with van der Waals surface area (Å²) in [4.78, 5) is 0. The Kier molecular flexibility index (Phi) is 6.40. The lowest BCUT2D eigenvalue weighted by Crippen LogP contribution is -2.16. The number of hydrogen-bond acceptors (Lipinski definition) is 0. The Balaban J connectivity index is 1.23. The van der Waals surface area contributed by atoms with Crippen molar-refractivity contribution < 1.29 is 0 Å². The first-order valence-corrected chi connectivity index (χ1v) is 18.7. The van der Waals surface area contributed by atoms with Crippen LogP contribution in [0.1, 0.15) is 25.0 Å². The molecule has 0 unspecified atom stereocenters. The van der Waals surface area contributed by atoms with Crippen LogP contribution in [0.15, 0.2) is 182 Å². The molecule has 0 saturated carbocycles. The topological polar surface area (TPSA) is 0 Å². The van der Waals surface area contributed by atoms with Gasteiger partial charge in [-0.3, -0.25) is 0 Å². The number of benzene rings is 10. The molecule has 11 rings (SSSR count). The molecule has 10 aromatic rings. The Morgan fingerprint density at radius 2 is 0.660 bits per heavy atom. The zero-order valence-corrected chi connectivity index (χ0v) is 29.8. The molecule has 0 aliphatic heterocycles. The van der Waals surface area contributed by atoms with Gasteiger partial charge < -0.3 is 0 Å². The third kappa shape index (κ3) is 4.24. The van der Waals surface area contributed by atoms with E-state index in [1.807, 2.05) is 0 Å². The van der Waals surface area contributed by atoms with Gasteiger partial charge in [0.05, 0.1) is 0 Å². The maximum Gasteiger partial charge on any atom is 0.0165 e. The fraction of sp³-hybridized carbons (Fsp3) is 0.0566. The molecule has 1 aliphatic carbocycles. The minimum Gasteiger partial charge on any atom is -0.0622 e. The van der Waals surface area contributed by atoms with Crippen molar-refractivity contribution in [1.29, 1.82) is 0 Å². The van der Waals surface area contributed by atoms with Crippen molar-refractivity contribution >= 4 is 53.9 Å². The lowest BCUT2D eigenvalue weighted by Gasteiger charge is -2.25. The van der Waals surface area contributed by atoms with E-state index in [2.05, 4.69) is 196 Å². The highest BCUT2D eigenvalue weighted by atomic mass is 14.4. The lowest BCUT2D eigenvalue weighted by molar-refractivity contribution is 0.667. The summed E-state index contributed by atoms with van der Waals surface area (Å²) in [6, 6.07) is 67.6. The van der Waals surface area contributed by atoms with Gasteiger partial charge in [0.1, 0.15) is 0 Å². The molecular formula is C53H36. The summed E-state index contributed by atoms with van der Waals surface area (Å²) in [5, 5.41) is 13.1. The van der Waals surface area contributed by atoms with Gasteiger partial charge in [-0.15, -0.1) is 0 Å². The van der Waals surface area contributed by atoms with Crippen LogP contribution in [0.2, 0.25) is 0 Å². The highest BCUT2D eigenvalue weighted by Gasteiger charge is 2.40. The van der Waals surface area contributed by atoms with Gasteiger partial charge >= 0.3 is 0 Å². The number of rotatable bonds is 3. The fourth-order valence-electron chi connectivity index (χ4n) is 9.72. The normalized spacial score (nSPS) is 13.2. The molecule has 0 amide bonds. The van der Waals surface area contributed by atoms with Gasteiger partial charge in [-0.1, -0.05) is 190 Å². The molecule has 1 aliphatic rings. The highest BCUT2D eigenvalue weighted by molar-refractivity contribution is 6.26. The van der Waals surface area contributed by atoms with Crippen LogP contribution >= 0.6 is 0 Å². The van der Waals surface area contributed by atoms with Crippen molar-refractivity contribution in [3.63, 3.8) is 0 Å². The maximum atomic E-state index is 2.56. The van der Waals surface area contributed by atoms with Crippen LogP contribution < -0.4 is 0 Å². The average Bonchev–Trinajstić information content (AvgIpc) is 3.47. The molecule has 0 spiro atoms. The van der Waals surface area contributed by atoms with Crippen molar-refractivity contribution in [2.45, 2.75) is 19.3 Å². The van der Waals surface area contributed by atoms with Gasteiger partial charge in [0.25, 0.3) is 0 Å². The first kappa shape index (κ1) is 30.2. The Morgan fingerprint density at radius 3 is 1.23 bits per heavy atom. The first-order chi connectivity index (χ1) is 26.1. The van der Waals surface area contributed by atoms with E-state index < -0.39 is 0 Å². The molecule has 0 radical (unpaired) electrons. The van der Waals surface area contributed by atoms with Crippen LogP contribution in [0.5, 0.6) is 0 Å². The van der Waals surface area contributed by atoms with Crippen LogP contribution in [0, 0.1) is 0 Å². The van der Waals surface area contributed by atoms with E-state index >= 15 is 0 Å². The predicted molar refractivity (Wildman–Crippen MR) is 228 cm³/mol. The van der Waals surface area contributed by atoms with Crippen LogP contribution in [0.4, 0.5) is 0 Å². The molecule has 0 nitrogen and oxygen atoms in total. The SMILES string of the molecule is CC1(C)c2cc(-c3c4ccccc4c(-c4ccc(-c5ccccc5)cc4)c4ccccc34)c3ccccc3c2-c2c1c1ccccc1c1ccccc21. The molecule has 0 fully saturated rings. The highest BCUT2D eigenvalue weighted by Crippen LogP contribution is 2.58. The molecule has 0 heterocycles. The van der Waals surface area contributed by atoms with E-state index in [1.54, 1.807) is 0 Å². The van der Waals surface area contributed by atoms with Gasteiger partial charge in [-0.2, -0.15) is 0 Å². The minimum atomic E-state index is -0.209. The Morgan fingerprint density at radius 1 is 0.283 bits per heavy atom. The molecule has 0 bridgehead atoms. The third-order valence-electron chi connectivity index (χ3n) is 12.0. The van der Waals surface area contributed by atoms with Crippen LogP contribution in [-0.4, -0.2) is 0 Å². The summed E-state index contributed by atoms with van der Waals surface area (Å²) in [5.74, 6) is 0. The summed E-state index contributed by atoms with van der Waals surface area (Å²) >= 11 is 0. The molecule has 10 aromatic carbocycles. The summed E-state index contributed by atoms with van der Waals surface area (Å²) in [7, 11) is 0. The smallest absolute Gasteiger partial charge is 0.0165 e. The predicted octanol–water partition coefficient (Wildman–Crippen LogP) is 14.8. The Bertz CT molecular complexity index is 3050. The second-order valence-electron chi connectivity index (χ2n) is 15.1. The largest absolute Gasteiger partial charge is 0.0622 e. The summed E-state index contributed by atoms with van der Waals surface area (Å²) in [6.45, 7) is 4.88. The number of fused-ring (bicyclic) bond motifs is 12. The first-order valence-electron chi connectivity index (χ1n) is 18.7. The van der Waals surface area contributed by atoms with Gasteiger partial charge in [0.15, 0.2) is 0 Å². The summed E-state index contributed by atoms with van der Waals surface area (Å²) < 4.78 is 0. The zero-order chi connectivity index (χ0) is 35.3. The summed E-state index contributed by atoms with van der Waals surface area (Å²) in [6.07, 6.45) is 0. The fourth-order valence-corrected chi connectivity index (χ4v) is 9.72. The van der Waals surface area contributed by atoms with Crippen LogP contribution in [-0.2, 0) is 5.41 Å². The van der Waals surface area contributed by atoms with Gasteiger partial charge in [-0.05, 0) is 116 Å². The van der Waals surface area contributed by atoms with E-state index in [4.69, 9.17) is 0 Å². The molecule has 0 heteroatoms. The Labute approximate surface area is 309 Å². The molecule has 0 saturated heterocycles. The third-order valence-corrected chi connectivity index (χ3v) is 12.0. The zero-order valence-electron chi connectivity index (χ0n) is 29.8. The van der Waals surface area contributed by atoms with E-state index in [-0.39, 0.29) is 5.41 Å². The average molecular weight is 673 g/mol. The van der Waals surface area contributed by atoms with Crippen LogP contribution in [0.3, 0.4) is 0 Å². The minimum absolute atomic E-state index is 0.209. The number of hydrogen-bond donors (Lipinski definition) is 0. The van der Waals surface area contributed by atoms with E-state index in [9.17, 15) is 0 Å². The molecule has 248 valence electrons. The van der Waals surface area contributed by atoms with Crippen LogP contribution in [0.25, 0.3) is 98.4 Å². The molecule has 0 atom stereocenters. The van der Waals surface area contributed by atoms with Crippen molar-refractivity contribution in [3.05, 3.63) is 193 Å². The van der Waals surface area contributed by atoms with Crippen molar-refractivity contribution in [2.24, 2.45) is 0 Å². The molecule has 53 heavy (non-hydrogen) atoms. The van der Waals surface area contributed by atoms with E-state index in [1.165, 1.54) is 109 Å². The molecule has 0 aromatic heterocycles. The second-order valence-corrected chi connectivity index (χ2v) is 15.1. The van der Waals surface area contributed by atoms with E-state index in [0.29, 0.717) is 0 Å². The van der Waals surface area contributed by atoms with E-state index in [0.717, 1.165) is 0 Å². The van der Waals surface area contributed by atoms with Crippen molar-refractivity contribution in [1.82, 2.24) is 0 Å². The molecule has 0 N–H and O–H groups in total. The maximum absolute atomic E-state index is 2.56. The van der Waals surface area contributed by atoms with Gasteiger partial charge in [-0.25, -0.2) is 0 Å². The van der Waals surface area contributed by atoms with Gasteiger partial charge in [0, 0.05) is 5.41 Å². The van der Waals surface area contributed by atoms with Crippen molar-refractivity contribution in [3.8, 4) is 44.5 Å². The molecular weight excluding hydrogens is 637 g/mol. The second kappa shape index (κ2) is 11.2. The lowest BCUT2D eigenvalue weighted by atomic mass is 9.77. The monoisotopic (exact) mass is 672 g/mol. The quantitative estimate of drug-likeness (QED) is 0.129.